The average molecular weight is 251 g/mol. The maximum absolute atomic E-state index is 12.7. The molecule has 2 amide bonds. The van der Waals surface area contributed by atoms with Crippen LogP contribution in [0.5, 0.6) is 0 Å². The summed E-state index contributed by atoms with van der Waals surface area (Å²) in [6, 6.07) is 5.50. The van der Waals surface area contributed by atoms with E-state index in [0.29, 0.717) is 24.7 Å². The van der Waals surface area contributed by atoms with Gasteiger partial charge in [0.05, 0.1) is 5.54 Å². The molecule has 0 spiro atoms. The number of carbonyl (C=O) groups excluding carboxylic acids is 1. The lowest BCUT2D eigenvalue weighted by molar-refractivity contribution is 0.0721. The smallest absolute Gasteiger partial charge is 0.321 e. The molecule has 0 atom stereocenters. The minimum atomic E-state index is -0.322. The maximum atomic E-state index is 12.7. The van der Waals surface area contributed by atoms with Gasteiger partial charge < -0.3 is 16.0 Å². The van der Waals surface area contributed by atoms with Crippen LogP contribution in [-0.2, 0) is 0 Å². The summed E-state index contributed by atoms with van der Waals surface area (Å²) < 4.78 is 12.7. The number of anilines is 1. The minimum Gasteiger partial charge on any atom is -0.322 e. The predicted octanol–water partition coefficient (Wildman–Crippen LogP) is 2.03. The summed E-state index contributed by atoms with van der Waals surface area (Å²) >= 11 is 0. The molecule has 18 heavy (non-hydrogen) atoms. The fourth-order valence-corrected chi connectivity index (χ4v) is 1.91. The van der Waals surface area contributed by atoms with E-state index in [1.54, 1.807) is 4.90 Å². The topological polar surface area (TPSA) is 58.4 Å². The maximum Gasteiger partial charge on any atom is 0.321 e. The molecule has 1 aliphatic heterocycles. The minimum absolute atomic E-state index is 0.191. The van der Waals surface area contributed by atoms with E-state index in [4.69, 9.17) is 5.73 Å². The van der Waals surface area contributed by atoms with Gasteiger partial charge in [-0.15, -0.1) is 0 Å². The van der Waals surface area contributed by atoms with Gasteiger partial charge in [-0.1, -0.05) is 13.8 Å². The Bertz CT molecular complexity index is 438. The Labute approximate surface area is 106 Å². The molecule has 0 unspecified atom stereocenters. The Kier molecular flexibility index (Phi) is 3.26. The number of carbonyl (C=O) groups is 1. The first-order valence-corrected chi connectivity index (χ1v) is 6.01. The van der Waals surface area contributed by atoms with Gasteiger partial charge >= 0.3 is 6.03 Å². The van der Waals surface area contributed by atoms with Crippen LogP contribution < -0.4 is 11.1 Å². The quantitative estimate of drug-likeness (QED) is 0.845. The highest BCUT2D eigenvalue weighted by molar-refractivity contribution is 5.90. The third-order valence-corrected chi connectivity index (χ3v) is 3.50. The molecule has 0 radical (unpaired) electrons. The SMILES string of the molecule is CC(C)C1(N)CN(C(=O)Nc2ccc(F)cc2)C1. The number of nitrogens with zero attached hydrogens (tertiary/aromatic N) is 1. The van der Waals surface area contributed by atoms with Gasteiger partial charge in [0.25, 0.3) is 0 Å². The van der Waals surface area contributed by atoms with Crippen molar-refractivity contribution in [3.8, 4) is 0 Å². The van der Waals surface area contributed by atoms with E-state index in [9.17, 15) is 9.18 Å². The number of urea groups is 1. The van der Waals surface area contributed by atoms with Gasteiger partial charge in [-0.2, -0.15) is 0 Å². The zero-order valence-electron chi connectivity index (χ0n) is 10.6. The summed E-state index contributed by atoms with van der Waals surface area (Å²) in [7, 11) is 0. The number of nitrogens with two attached hydrogens (primary N) is 1. The Morgan fingerprint density at radius 1 is 1.39 bits per heavy atom. The highest BCUT2D eigenvalue weighted by atomic mass is 19.1. The number of rotatable bonds is 2. The molecule has 0 bridgehead atoms. The van der Waals surface area contributed by atoms with Crippen molar-refractivity contribution in [3.63, 3.8) is 0 Å². The van der Waals surface area contributed by atoms with Crippen LogP contribution in [0.15, 0.2) is 24.3 Å². The normalized spacial score (nSPS) is 17.5. The van der Waals surface area contributed by atoms with E-state index >= 15 is 0 Å². The Hall–Kier alpha value is -1.62. The van der Waals surface area contributed by atoms with Gasteiger partial charge in [0.2, 0.25) is 0 Å². The molecule has 3 N–H and O–H groups in total. The van der Waals surface area contributed by atoms with Crippen molar-refractivity contribution < 1.29 is 9.18 Å². The van der Waals surface area contributed by atoms with Crippen LogP contribution in [0.2, 0.25) is 0 Å². The summed E-state index contributed by atoms with van der Waals surface area (Å²) in [6.45, 7) is 5.21. The van der Waals surface area contributed by atoms with E-state index in [0.717, 1.165) is 0 Å². The van der Waals surface area contributed by atoms with Crippen molar-refractivity contribution in [2.45, 2.75) is 19.4 Å². The zero-order valence-corrected chi connectivity index (χ0v) is 10.6. The standard InChI is InChI=1S/C13H18FN3O/c1-9(2)13(15)7-17(8-13)12(18)16-11-5-3-10(14)4-6-11/h3-6,9H,7-8,15H2,1-2H3,(H,16,18). The van der Waals surface area contributed by atoms with Crippen LogP contribution in [0.25, 0.3) is 0 Å². The number of nitrogens with one attached hydrogen (secondary N) is 1. The fourth-order valence-electron chi connectivity index (χ4n) is 1.91. The van der Waals surface area contributed by atoms with E-state index in [1.165, 1.54) is 24.3 Å². The Balaban J connectivity index is 1.89. The Morgan fingerprint density at radius 3 is 2.44 bits per heavy atom. The Morgan fingerprint density at radius 2 is 1.94 bits per heavy atom. The summed E-state index contributed by atoms with van der Waals surface area (Å²) in [5, 5.41) is 2.71. The molecule has 1 fully saturated rings. The van der Waals surface area contributed by atoms with Crippen molar-refractivity contribution in [1.29, 1.82) is 0 Å². The molecule has 0 aromatic heterocycles. The zero-order chi connectivity index (χ0) is 13.3. The lowest BCUT2D eigenvalue weighted by Crippen LogP contribution is -2.71. The molecule has 1 saturated heterocycles. The highest BCUT2D eigenvalue weighted by Crippen LogP contribution is 2.26. The van der Waals surface area contributed by atoms with Crippen LogP contribution in [0.4, 0.5) is 14.9 Å². The fraction of sp³-hybridized carbons (Fsp3) is 0.462. The van der Waals surface area contributed by atoms with Crippen LogP contribution in [0, 0.1) is 11.7 Å². The van der Waals surface area contributed by atoms with Crippen LogP contribution in [-0.4, -0.2) is 29.6 Å². The van der Waals surface area contributed by atoms with Crippen LogP contribution in [0.1, 0.15) is 13.8 Å². The lowest BCUT2D eigenvalue weighted by atomic mass is 9.80. The number of halogens is 1. The largest absolute Gasteiger partial charge is 0.322 e. The van der Waals surface area contributed by atoms with Crippen molar-refractivity contribution in [1.82, 2.24) is 4.90 Å². The molecule has 5 heteroatoms. The van der Waals surface area contributed by atoms with Gasteiger partial charge in [-0.25, -0.2) is 9.18 Å². The van der Waals surface area contributed by atoms with Crippen molar-refractivity contribution in [2.75, 3.05) is 18.4 Å². The highest BCUT2D eigenvalue weighted by Gasteiger charge is 2.44. The van der Waals surface area contributed by atoms with E-state index < -0.39 is 0 Å². The predicted molar refractivity (Wildman–Crippen MR) is 68.7 cm³/mol. The number of benzene rings is 1. The van der Waals surface area contributed by atoms with Crippen LogP contribution >= 0.6 is 0 Å². The molecular weight excluding hydrogens is 233 g/mol. The third-order valence-electron chi connectivity index (χ3n) is 3.50. The molecule has 1 aliphatic rings. The molecule has 2 rings (SSSR count). The van der Waals surface area contributed by atoms with E-state index in [-0.39, 0.29) is 17.4 Å². The molecule has 1 heterocycles. The summed E-state index contributed by atoms with van der Waals surface area (Å²) in [6.07, 6.45) is 0. The second-order valence-corrected chi connectivity index (χ2v) is 5.18. The van der Waals surface area contributed by atoms with Gasteiger partial charge in [-0.3, -0.25) is 0 Å². The van der Waals surface area contributed by atoms with Gasteiger partial charge in [0.1, 0.15) is 5.82 Å². The number of hydrogen-bond acceptors (Lipinski definition) is 2. The summed E-state index contributed by atoms with van der Waals surface area (Å²) in [4.78, 5) is 13.5. The molecule has 1 aromatic carbocycles. The molecule has 0 aliphatic carbocycles. The van der Waals surface area contributed by atoms with Crippen molar-refractivity contribution >= 4 is 11.7 Å². The molecular formula is C13H18FN3O. The van der Waals surface area contributed by atoms with Gasteiger partial charge in [0, 0.05) is 18.8 Å². The monoisotopic (exact) mass is 251 g/mol. The van der Waals surface area contributed by atoms with E-state index in [2.05, 4.69) is 19.2 Å². The molecule has 98 valence electrons. The first-order chi connectivity index (χ1) is 8.40. The second-order valence-electron chi connectivity index (χ2n) is 5.18. The van der Waals surface area contributed by atoms with Crippen molar-refractivity contribution in [3.05, 3.63) is 30.1 Å². The van der Waals surface area contributed by atoms with E-state index in [1.807, 2.05) is 0 Å². The summed E-state index contributed by atoms with van der Waals surface area (Å²) in [5.74, 6) is 0.0186. The average Bonchev–Trinajstić information content (AvgIpc) is 2.27. The molecule has 0 saturated carbocycles. The number of amides is 2. The van der Waals surface area contributed by atoms with Gasteiger partial charge in [0.15, 0.2) is 0 Å². The number of hydrogen-bond donors (Lipinski definition) is 2. The first-order valence-electron chi connectivity index (χ1n) is 6.01. The third kappa shape index (κ3) is 2.46. The molecule has 1 aromatic rings. The number of likely N-dealkylation sites (tertiary alicyclic amines) is 1. The van der Waals surface area contributed by atoms with Gasteiger partial charge in [-0.05, 0) is 30.2 Å². The first kappa shape index (κ1) is 12.8. The van der Waals surface area contributed by atoms with Crippen LogP contribution in [0.3, 0.4) is 0 Å². The summed E-state index contributed by atoms with van der Waals surface area (Å²) in [5.41, 5.74) is 6.42. The molecule has 4 nitrogen and oxygen atoms in total. The second kappa shape index (κ2) is 4.57. The lowest BCUT2D eigenvalue weighted by Gasteiger charge is -2.50. The van der Waals surface area contributed by atoms with Crippen molar-refractivity contribution in [2.24, 2.45) is 11.7 Å².